The van der Waals surface area contributed by atoms with Gasteiger partial charge in [0.15, 0.2) is 62.5 Å². The van der Waals surface area contributed by atoms with Gasteiger partial charge in [0.25, 0.3) is 0 Å². The van der Waals surface area contributed by atoms with Gasteiger partial charge in [-0.25, -0.2) is 9.59 Å². The Balaban J connectivity index is 0.726. The average molecular weight is 2140 g/mol. The molecule has 13 fully saturated rings. The maximum atomic E-state index is 16.7. The van der Waals surface area contributed by atoms with E-state index < -0.39 is 384 Å². The molecule has 9 heterocycles. The molecular formula is C101H159NO47. The van der Waals surface area contributed by atoms with Crippen molar-refractivity contribution in [2.45, 2.75) is 443 Å². The maximum Gasteiger partial charge on any atom is 0.333 e. The van der Waals surface area contributed by atoms with Crippen LogP contribution in [-0.4, -0.2) is 463 Å². The molecule has 48 nitrogen and oxygen atoms in total. The van der Waals surface area contributed by atoms with E-state index in [1.165, 1.54) is 52.0 Å². The lowest BCUT2D eigenvalue weighted by atomic mass is 9.33. The Labute approximate surface area is 862 Å². The van der Waals surface area contributed by atoms with Crippen molar-refractivity contribution in [2.24, 2.45) is 50.2 Å². The minimum atomic E-state index is -2.34. The van der Waals surface area contributed by atoms with Crippen molar-refractivity contribution in [2.75, 3.05) is 52.9 Å². The minimum Gasteiger partial charge on any atom is -0.459 e. The fraction of sp³-hybridized carbons (Fsp3) is 0.861. The minimum absolute atomic E-state index is 0.00562. The molecule has 0 aromatic rings. The van der Waals surface area contributed by atoms with Gasteiger partial charge in [-0.05, 0) is 163 Å². The number of ether oxygens (including phenoxy) is 20. The summed E-state index contributed by atoms with van der Waals surface area (Å²) in [6.07, 6.45) is -61.3. The lowest BCUT2D eigenvalue weighted by Gasteiger charge is -2.72. The molecule has 9 aliphatic heterocycles. The number of hydrogen-bond acceptors (Lipinski definition) is 47. The van der Waals surface area contributed by atoms with E-state index >= 15 is 4.79 Å². The highest BCUT2D eigenvalue weighted by atomic mass is 16.8. The number of fused-ring (bicyclic) bond motifs is 7. The summed E-state index contributed by atoms with van der Waals surface area (Å²) in [6.45, 7) is 25.9. The monoisotopic (exact) mass is 2140 g/mol. The predicted molar refractivity (Wildman–Crippen MR) is 503 cm³/mol. The second-order valence-corrected chi connectivity index (χ2v) is 45.7. The number of carbonyl (C=O) groups is 4. The highest BCUT2D eigenvalue weighted by molar-refractivity contribution is 5.88. The van der Waals surface area contributed by atoms with Crippen molar-refractivity contribution in [3.05, 3.63) is 60.3 Å². The van der Waals surface area contributed by atoms with Gasteiger partial charge in [0.05, 0.1) is 75.8 Å². The topological polar surface area (TPSA) is 730 Å². The van der Waals surface area contributed by atoms with Crippen LogP contribution < -0.4 is 5.32 Å². The van der Waals surface area contributed by atoms with E-state index in [-0.39, 0.29) is 61.5 Å². The normalized spacial score (nSPS) is 47.9. The van der Waals surface area contributed by atoms with Gasteiger partial charge in [0.2, 0.25) is 12.2 Å². The maximum absolute atomic E-state index is 16.7. The quantitative estimate of drug-likeness (QED) is 0.00942. The SMILES string of the molecule is C=C[C@@](C)(O)CC/C=C(\C)C(=O)O[C@H]1[C@H](O[C@](C)(C=C)CC/C=C(\C)C(=O)OC[C@H]2O[C@@H](OC(=O)[C@]34CCC(C)(C)CC3C3=CC[C@@H]5[C@@]6(C)CC[C@H](O[C@@H]7O[C@H](CO[C@@H]8OC[C@H](O)[C@H](O)[C@H]8O[C@@H]8OC[C@H](O)[C@H](O)[C@H]8O)[C@@H](O)[C@H](O)[C@H]7NC(C)=O)C(C)(C)C6CC[C@@]5(C)[C@]3(C)C[C@H]4O)[C@H](O[C@@H]3O[C@@H](C)[C@H](O[C@@H]4OC[C@@H](O)[C@H](O[C@@H]5OC[C@@H](O)[C@H](O)[C@H]5O)[C@H]4O)[C@@H](O[C@@H]4O[C@H](CO)[C@@H](O)[C@H](O)[C@H]4O)[C@H]3O)[C@@H](O)[C@@H]2O)OC[C@@H](O)[C@@H]1O. The molecule has 24 N–H and O–H groups in total. The molecule has 5 aliphatic carbocycles. The van der Waals surface area contributed by atoms with E-state index in [9.17, 15) is 132 Å². The smallest absolute Gasteiger partial charge is 0.333 e. The van der Waals surface area contributed by atoms with Gasteiger partial charge in [0, 0.05) is 18.1 Å². The number of aliphatic hydroxyl groups excluding tert-OH is 22. The number of esters is 3. The Kier molecular flexibility index (Phi) is 38.2. The number of allylic oxidation sites excluding steroid dienone is 4. The fourth-order valence-electron chi connectivity index (χ4n) is 25.0. The number of aliphatic hydroxyl groups is 23. The first-order valence-corrected chi connectivity index (χ1v) is 51.6. The molecular weight excluding hydrogens is 1980 g/mol. The lowest BCUT2D eigenvalue weighted by molar-refractivity contribution is -0.398. The predicted octanol–water partition coefficient (Wildman–Crippen LogP) is -5.15. The molecule has 0 spiro atoms. The van der Waals surface area contributed by atoms with Gasteiger partial charge < -0.3 is 218 Å². The van der Waals surface area contributed by atoms with Crippen molar-refractivity contribution < 1.29 is 231 Å². The molecule has 2 unspecified atom stereocenters. The Morgan fingerprint density at radius 3 is 1.58 bits per heavy atom. The summed E-state index contributed by atoms with van der Waals surface area (Å²) >= 11 is 0. The largest absolute Gasteiger partial charge is 0.459 e. The van der Waals surface area contributed by atoms with E-state index in [1.54, 1.807) is 13.8 Å². The number of hydrogen-bond donors (Lipinski definition) is 24. The number of nitrogens with one attached hydrogen (secondary N) is 1. The van der Waals surface area contributed by atoms with Gasteiger partial charge in [-0.2, -0.15) is 0 Å². The Morgan fingerprint density at radius 2 is 0.966 bits per heavy atom. The second kappa shape index (κ2) is 47.6. The molecule has 14 rings (SSSR count). The van der Waals surface area contributed by atoms with E-state index in [1.807, 2.05) is 13.8 Å². The molecule has 51 atom stereocenters. The summed E-state index contributed by atoms with van der Waals surface area (Å²) in [5.74, 6) is -4.58. The third-order valence-electron chi connectivity index (χ3n) is 34.6. The zero-order valence-electron chi connectivity index (χ0n) is 86.2. The van der Waals surface area contributed by atoms with Gasteiger partial charge in [0.1, 0.15) is 183 Å². The first-order valence-electron chi connectivity index (χ1n) is 51.6. The van der Waals surface area contributed by atoms with Gasteiger partial charge in [-0.3, -0.25) is 9.59 Å². The second-order valence-electron chi connectivity index (χ2n) is 45.7. The van der Waals surface area contributed by atoms with Crippen LogP contribution >= 0.6 is 0 Å². The molecule has 0 aromatic heterocycles. The van der Waals surface area contributed by atoms with Crippen LogP contribution in [0.4, 0.5) is 0 Å². The van der Waals surface area contributed by atoms with E-state index in [2.05, 4.69) is 59.2 Å². The van der Waals surface area contributed by atoms with Crippen molar-refractivity contribution in [3.8, 4) is 0 Å². The van der Waals surface area contributed by atoms with Gasteiger partial charge in [-0.15, -0.1) is 13.2 Å². The number of carbonyl (C=O) groups excluding carboxylic acids is 4. The molecule has 14 aliphatic rings. The summed E-state index contributed by atoms with van der Waals surface area (Å²) in [7, 11) is 0. The molecule has 149 heavy (non-hydrogen) atoms. The van der Waals surface area contributed by atoms with Gasteiger partial charge in [-0.1, -0.05) is 84.4 Å². The Hall–Kier alpha value is -5.02. The highest BCUT2D eigenvalue weighted by Crippen LogP contribution is 2.76. The molecule has 0 bridgehead atoms. The first-order chi connectivity index (χ1) is 69.8. The summed E-state index contributed by atoms with van der Waals surface area (Å²) < 4.78 is 122. The highest BCUT2D eigenvalue weighted by Gasteiger charge is 2.73. The van der Waals surface area contributed by atoms with Crippen molar-refractivity contribution in [1.29, 1.82) is 0 Å². The third-order valence-corrected chi connectivity index (χ3v) is 34.6. The van der Waals surface area contributed by atoms with E-state index in [0.717, 1.165) is 5.57 Å². The Morgan fingerprint density at radius 1 is 0.463 bits per heavy atom. The van der Waals surface area contributed by atoms with Crippen LogP contribution in [0, 0.1) is 50.2 Å². The summed E-state index contributed by atoms with van der Waals surface area (Å²) in [5.41, 5.74) is -6.74. The summed E-state index contributed by atoms with van der Waals surface area (Å²) in [5, 5.41) is 262. The molecule has 0 radical (unpaired) electrons. The zero-order valence-corrected chi connectivity index (χ0v) is 86.2. The molecule has 850 valence electrons. The average Bonchev–Trinajstić information content (AvgIpc) is 0.667. The standard InChI is InChI=1S/C101H159NO47/c1-16-96(11,129)26-18-20-43(4)83(127)142-80-64(114)51(108)38-135-91(80)149-97(12,17-2)27-19-21-42(3)82(126)130-40-54-67(117)70(120)81(147-89-75(125)78(145-88-73(123)69(119)65(115)53(34-103)138-88)76(44(5)137-89)143-87-74(124)77(52(109)39-133-87)144-85-71(121)61(111)48(105)35-131-85)92(140-54)148-93(128)101-31-30-94(7,8)32-47(101)46-22-23-57-98(13)28-25-59(95(9,10)56(98)24-29-99(57,14)100(46,15)33-58(101)110)141-84-60(102-45(6)104)68(118)66(116)55(139-84)41-136-90-79(63(113)50(107)37-134-90)146-86-72(122)62(112)49(106)36-132-86/h16-17,20-22,44,47-81,84-92,103,105-125,129H,1-2,18-19,23-41H2,3-15H3,(H,102,104)/b42-21+,43-20+/t44-,47?,48+,49-,50-,51+,52+,53+,54+,55+,56?,57+,58+,59-,60+,61-,62-,63-,64-,65+,66+,67+,68+,69-,70-,71+,72+,73+,74+,75+,76-,77-,78-,79+,80+,81+,84-,85-,86-,87-,88-,89-,90-,91-,92-,96+,97+,98-,99+,100+,101+/m0/s1. The van der Waals surface area contributed by atoms with Crippen LogP contribution in [0.15, 0.2) is 60.3 Å². The van der Waals surface area contributed by atoms with Crippen molar-refractivity contribution in [1.82, 2.24) is 5.32 Å². The van der Waals surface area contributed by atoms with E-state index in [4.69, 9.17) is 94.7 Å². The van der Waals surface area contributed by atoms with Crippen LogP contribution in [0.3, 0.4) is 0 Å². The Bertz CT molecular complexity index is 4620. The lowest BCUT2D eigenvalue weighted by Crippen LogP contribution is -2.69. The molecule has 9 saturated heterocycles. The van der Waals surface area contributed by atoms with Crippen molar-refractivity contribution >= 4 is 23.8 Å². The number of amides is 1. The molecule has 48 heteroatoms. The van der Waals surface area contributed by atoms with E-state index in [0.29, 0.717) is 44.9 Å². The number of rotatable bonds is 34. The van der Waals surface area contributed by atoms with Crippen molar-refractivity contribution in [3.63, 3.8) is 0 Å². The zero-order chi connectivity index (χ0) is 109. The fourth-order valence-corrected chi connectivity index (χ4v) is 25.0. The molecule has 1 amide bonds. The van der Waals surface area contributed by atoms with Crippen LogP contribution in [0.2, 0.25) is 0 Å². The van der Waals surface area contributed by atoms with Crippen LogP contribution in [0.25, 0.3) is 0 Å². The summed E-state index contributed by atoms with van der Waals surface area (Å²) in [6, 6.07) is -1.34. The van der Waals surface area contributed by atoms with Crippen LogP contribution in [0.1, 0.15) is 173 Å². The first kappa shape index (κ1) is 119. The molecule has 0 aromatic carbocycles. The van der Waals surface area contributed by atoms with Crippen LogP contribution in [0.5, 0.6) is 0 Å². The third kappa shape index (κ3) is 24.3. The van der Waals surface area contributed by atoms with Gasteiger partial charge >= 0.3 is 17.9 Å². The molecule has 4 saturated carbocycles. The van der Waals surface area contributed by atoms with Crippen LogP contribution in [-0.2, 0) is 114 Å². The summed E-state index contributed by atoms with van der Waals surface area (Å²) in [4.78, 5) is 57.5.